The fourth-order valence-electron chi connectivity index (χ4n) is 5.89. The van der Waals surface area contributed by atoms with Crippen LogP contribution in [-0.2, 0) is 14.1 Å². The summed E-state index contributed by atoms with van der Waals surface area (Å²) in [6, 6.07) is 3.68. The normalized spacial score (nSPS) is 22.8. The Morgan fingerprint density at radius 3 is 2.08 bits per heavy atom. The molecule has 2 unspecified atom stereocenters. The standard InChI is InChI=1S/C30H49BF2N2O3/c1-21(25-23(32)13-12-14-24(25)33)35-19-15-22(16-20-35)30(9,26(36)34-27(2,3)4)17-10-11-18-31-37-28(5,6)29(7,8)38-31/h12-14,21-22H,10-11,15-20H2,1-9H3,(H,34,36). The summed E-state index contributed by atoms with van der Waals surface area (Å²) in [6.45, 7) is 19.7. The first-order chi connectivity index (χ1) is 17.5. The van der Waals surface area contributed by atoms with E-state index >= 15 is 0 Å². The van der Waals surface area contributed by atoms with Crippen molar-refractivity contribution in [3.63, 3.8) is 0 Å². The van der Waals surface area contributed by atoms with Crippen LogP contribution in [0.25, 0.3) is 0 Å². The highest BCUT2D eigenvalue weighted by molar-refractivity contribution is 6.45. The summed E-state index contributed by atoms with van der Waals surface area (Å²) in [5.74, 6) is -0.727. The summed E-state index contributed by atoms with van der Waals surface area (Å²) >= 11 is 0. The van der Waals surface area contributed by atoms with Crippen LogP contribution in [0.1, 0.15) is 106 Å². The highest BCUT2D eigenvalue weighted by Crippen LogP contribution is 2.43. The largest absolute Gasteiger partial charge is 0.457 e. The van der Waals surface area contributed by atoms with Gasteiger partial charge >= 0.3 is 7.12 Å². The Bertz CT molecular complexity index is 936. The van der Waals surface area contributed by atoms with Gasteiger partial charge in [-0.05, 0) is 112 Å². The van der Waals surface area contributed by atoms with E-state index in [4.69, 9.17) is 9.31 Å². The molecule has 2 aliphatic heterocycles. The van der Waals surface area contributed by atoms with Crippen molar-refractivity contribution >= 4 is 13.0 Å². The minimum absolute atomic E-state index is 0.0901. The molecule has 2 saturated heterocycles. The maximum absolute atomic E-state index is 14.4. The van der Waals surface area contributed by atoms with Crippen molar-refractivity contribution in [2.24, 2.45) is 11.3 Å². The number of unbranched alkanes of at least 4 members (excludes halogenated alkanes) is 1. The van der Waals surface area contributed by atoms with E-state index in [0.29, 0.717) is 13.1 Å². The van der Waals surface area contributed by atoms with Crippen LogP contribution in [0, 0.1) is 23.0 Å². The van der Waals surface area contributed by atoms with E-state index < -0.39 is 17.0 Å². The average Bonchev–Trinajstić information content (AvgIpc) is 3.01. The van der Waals surface area contributed by atoms with Gasteiger partial charge in [0.1, 0.15) is 11.6 Å². The van der Waals surface area contributed by atoms with Crippen LogP contribution in [0.4, 0.5) is 8.78 Å². The first-order valence-corrected chi connectivity index (χ1v) is 14.3. The van der Waals surface area contributed by atoms with Gasteiger partial charge in [-0.3, -0.25) is 9.69 Å². The number of amides is 1. The lowest BCUT2D eigenvalue weighted by Crippen LogP contribution is -2.52. The van der Waals surface area contributed by atoms with E-state index in [1.165, 1.54) is 18.2 Å². The Labute approximate surface area is 229 Å². The van der Waals surface area contributed by atoms with Crippen molar-refractivity contribution in [1.82, 2.24) is 10.2 Å². The Kier molecular flexibility index (Phi) is 9.42. The number of benzene rings is 1. The van der Waals surface area contributed by atoms with Gasteiger partial charge < -0.3 is 14.6 Å². The second kappa shape index (κ2) is 11.5. The van der Waals surface area contributed by atoms with E-state index in [9.17, 15) is 13.6 Å². The van der Waals surface area contributed by atoms with E-state index in [-0.39, 0.29) is 47.3 Å². The lowest BCUT2D eigenvalue weighted by molar-refractivity contribution is -0.136. The topological polar surface area (TPSA) is 50.8 Å². The first kappa shape index (κ1) is 31.0. The SMILES string of the molecule is CC(c1c(F)cccc1F)N1CCC(C(C)(CCCCB2OC(C)(C)C(C)(C)O2)C(=O)NC(C)(C)C)CC1. The molecule has 0 aliphatic carbocycles. The van der Waals surface area contributed by atoms with E-state index in [1.54, 1.807) is 0 Å². The number of nitrogens with one attached hydrogen (secondary N) is 1. The number of halogens is 2. The van der Waals surface area contributed by atoms with E-state index in [0.717, 1.165) is 38.4 Å². The molecule has 5 nitrogen and oxygen atoms in total. The zero-order valence-electron chi connectivity index (χ0n) is 25.0. The highest BCUT2D eigenvalue weighted by Gasteiger charge is 2.50. The molecule has 0 saturated carbocycles. The molecule has 1 aromatic carbocycles. The Hall–Kier alpha value is -1.51. The number of carbonyl (C=O) groups excluding carboxylic acids is 1. The molecule has 38 heavy (non-hydrogen) atoms. The zero-order chi connectivity index (χ0) is 28.5. The lowest BCUT2D eigenvalue weighted by atomic mass is 9.67. The molecule has 2 heterocycles. The van der Waals surface area contributed by atoms with Crippen molar-refractivity contribution < 1.29 is 22.9 Å². The predicted octanol–water partition coefficient (Wildman–Crippen LogP) is 6.92. The first-order valence-electron chi connectivity index (χ1n) is 14.3. The molecule has 1 amide bonds. The maximum Gasteiger partial charge on any atom is 0.457 e. The quantitative estimate of drug-likeness (QED) is 0.276. The maximum atomic E-state index is 14.4. The molecule has 2 fully saturated rings. The summed E-state index contributed by atoms with van der Waals surface area (Å²) < 4.78 is 41.1. The van der Waals surface area contributed by atoms with Crippen LogP contribution in [0.2, 0.25) is 6.32 Å². The van der Waals surface area contributed by atoms with Gasteiger partial charge in [0.2, 0.25) is 5.91 Å². The molecule has 3 rings (SSSR count). The van der Waals surface area contributed by atoms with Crippen LogP contribution in [0.15, 0.2) is 18.2 Å². The van der Waals surface area contributed by atoms with Gasteiger partial charge in [-0.1, -0.05) is 25.8 Å². The Morgan fingerprint density at radius 2 is 1.58 bits per heavy atom. The third-order valence-corrected chi connectivity index (χ3v) is 9.09. The van der Waals surface area contributed by atoms with Gasteiger partial charge in [0.25, 0.3) is 0 Å². The zero-order valence-corrected chi connectivity index (χ0v) is 25.0. The van der Waals surface area contributed by atoms with Crippen LogP contribution in [0.3, 0.4) is 0 Å². The minimum atomic E-state index is -0.526. The van der Waals surface area contributed by atoms with Gasteiger partial charge in [0.05, 0.1) is 11.2 Å². The smallest absolute Gasteiger partial charge is 0.403 e. The average molecular weight is 535 g/mol. The fraction of sp³-hybridized carbons (Fsp3) is 0.767. The minimum Gasteiger partial charge on any atom is -0.403 e. The van der Waals surface area contributed by atoms with Crippen molar-refractivity contribution in [2.75, 3.05) is 13.1 Å². The molecule has 0 spiro atoms. The lowest BCUT2D eigenvalue weighted by Gasteiger charge is -2.44. The Morgan fingerprint density at radius 1 is 1.05 bits per heavy atom. The second-order valence-electron chi connectivity index (χ2n) is 13.7. The van der Waals surface area contributed by atoms with Gasteiger partial charge in [-0.15, -0.1) is 0 Å². The van der Waals surface area contributed by atoms with Crippen LogP contribution in [-0.4, -0.2) is 47.8 Å². The Balaban J connectivity index is 1.64. The number of piperidine rings is 1. The number of likely N-dealkylation sites (tertiary alicyclic amines) is 1. The summed E-state index contributed by atoms with van der Waals surface area (Å²) in [6.07, 6.45) is 5.01. The molecular formula is C30H49BF2N2O3. The number of hydrogen-bond acceptors (Lipinski definition) is 4. The molecule has 8 heteroatoms. The molecule has 2 aliphatic rings. The van der Waals surface area contributed by atoms with Gasteiger partial charge in [-0.25, -0.2) is 8.78 Å². The van der Waals surface area contributed by atoms with E-state index in [2.05, 4.69) is 44.8 Å². The summed E-state index contributed by atoms with van der Waals surface area (Å²) in [4.78, 5) is 15.8. The van der Waals surface area contributed by atoms with Gasteiger partial charge in [-0.2, -0.15) is 0 Å². The fourth-order valence-corrected chi connectivity index (χ4v) is 5.89. The number of rotatable bonds is 9. The van der Waals surface area contributed by atoms with Crippen LogP contribution in [0.5, 0.6) is 0 Å². The van der Waals surface area contributed by atoms with Crippen LogP contribution < -0.4 is 5.32 Å². The monoisotopic (exact) mass is 534 g/mol. The van der Waals surface area contributed by atoms with Gasteiger partial charge in [0.15, 0.2) is 0 Å². The van der Waals surface area contributed by atoms with Crippen molar-refractivity contribution in [1.29, 1.82) is 0 Å². The number of hydrogen-bond donors (Lipinski definition) is 1. The van der Waals surface area contributed by atoms with Crippen molar-refractivity contribution in [3.8, 4) is 0 Å². The van der Waals surface area contributed by atoms with Crippen molar-refractivity contribution in [2.45, 2.75) is 124 Å². The highest BCUT2D eigenvalue weighted by atomic mass is 19.1. The molecule has 2 atom stereocenters. The summed E-state index contributed by atoms with van der Waals surface area (Å²) in [5, 5.41) is 3.23. The molecule has 0 radical (unpaired) electrons. The molecule has 214 valence electrons. The van der Waals surface area contributed by atoms with Crippen LogP contribution >= 0.6 is 0 Å². The van der Waals surface area contributed by atoms with E-state index in [1.807, 2.05) is 27.7 Å². The molecule has 0 bridgehead atoms. The summed E-state index contributed by atoms with van der Waals surface area (Å²) in [5.41, 5.74) is -1.40. The third-order valence-electron chi connectivity index (χ3n) is 9.09. The molecule has 1 aromatic rings. The number of nitrogens with zero attached hydrogens (tertiary/aromatic N) is 1. The predicted molar refractivity (Wildman–Crippen MR) is 150 cm³/mol. The van der Waals surface area contributed by atoms with Gasteiger partial charge in [0, 0.05) is 22.6 Å². The number of carbonyl (C=O) groups is 1. The molecule has 1 N–H and O–H groups in total. The molecule has 0 aromatic heterocycles. The molecular weight excluding hydrogens is 485 g/mol. The summed E-state index contributed by atoms with van der Waals surface area (Å²) in [7, 11) is -0.224. The van der Waals surface area contributed by atoms with Crippen molar-refractivity contribution in [3.05, 3.63) is 35.4 Å². The third kappa shape index (κ3) is 6.97. The second-order valence-corrected chi connectivity index (χ2v) is 13.7.